The zero-order valence-electron chi connectivity index (χ0n) is 10.6. The highest BCUT2D eigenvalue weighted by atomic mass is 16.5. The molecule has 2 saturated carbocycles. The van der Waals surface area contributed by atoms with Gasteiger partial charge in [0.1, 0.15) is 5.76 Å². The van der Waals surface area contributed by atoms with Crippen molar-refractivity contribution in [2.24, 2.45) is 17.8 Å². The van der Waals surface area contributed by atoms with Crippen molar-refractivity contribution < 1.29 is 19.2 Å². The summed E-state index contributed by atoms with van der Waals surface area (Å²) < 4.78 is 4.86. The molecule has 6 heteroatoms. The first-order chi connectivity index (χ1) is 9.06. The Morgan fingerprint density at radius 3 is 2.79 bits per heavy atom. The summed E-state index contributed by atoms with van der Waals surface area (Å²) in [5.74, 6) is -0.576. The van der Waals surface area contributed by atoms with E-state index in [1.165, 1.54) is 0 Å². The van der Waals surface area contributed by atoms with Crippen molar-refractivity contribution in [3.05, 3.63) is 17.5 Å². The van der Waals surface area contributed by atoms with Gasteiger partial charge in [-0.15, -0.1) is 0 Å². The van der Waals surface area contributed by atoms with E-state index in [1.54, 1.807) is 13.0 Å². The smallest absolute Gasteiger partial charge is 0.308 e. The lowest BCUT2D eigenvalue weighted by Crippen LogP contribution is -2.46. The molecule has 2 aliphatic rings. The van der Waals surface area contributed by atoms with Gasteiger partial charge in [-0.25, -0.2) is 0 Å². The Kier molecular flexibility index (Phi) is 2.80. The first kappa shape index (κ1) is 12.2. The number of amides is 1. The van der Waals surface area contributed by atoms with E-state index >= 15 is 0 Å². The fourth-order valence-corrected chi connectivity index (χ4v) is 3.55. The molecule has 0 saturated heterocycles. The molecule has 6 nitrogen and oxygen atoms in total. The van der Waals surface area contributed by atoms with Crippen LogP contribution in [-0.2, 0) is 4.79 Å². The van der Waals surface area contributed by atoms with Gasteiger partial charge in [0.15, 0.2) is 5.69 Å². The minimum Gasteiger partial charge on any atom is -0.481 e. The molecule has 19 heavy (non-hydrogen) atoms. The fourth-order valence-electron chi connectivity index (χ4n) is 3.55. The number of aliphatic carboxylic acids is 1. The molecule has 0 radical (unpaired) electrons. The van der Waals surface area contributed by atoms with E-state index in [2.05, 4.69) is 10.5 Å². The van der Waals surface area contributed by atoms with Crippen molar-refractivity contribution in [2.45, 2.75) is 32.2 Å². The van der Waals surface area contributed by atoms with Crippen LogP contribution in [0.15, 0.2) is 10.6 Å². The molecule has 0 aromatic carbocycles. The lowest BCUT2D eigenvalue weighted by atomic mass is 9.84. The second kappa shape index (κ2) is 4.36. The zero-order chi connectivity index (χ0) is 13.6. The van der Waals surface area contributed by atoms with E-state index < -0.39 is 11.9 Å². The lowest BCUT2D eigenvalue weighted by Gasteiger charge is -2.28. The van der Waals surface area contributed by atoms with Crippen LogP contribution in [0.4, 0.5) is 0 Å². The predicted molar refractivity (Wildman–Crippen MR) is 64.5 cm³/mol. The number of carbonyl (C=O) groups excluding carboxylic acids is 1. The summed E-state index contributed by atoms with van der Waals surface area (Å²) in [7, 11) is 0. The van der Waals surface area contributed by atoms with Crippen molar-refractivity contribution in [1.29, 1.82) is 0 Å². The Balaban J connectivity index is 1.75. The highest BCUT2D eigenvalue weighted by molar-refractivity contribution is 5.92. The molecular formula is C13H16N2O4. The molecule has 2 N–H and O–H groups in total. The maximum atomic E-state index is 12.0. The quantitative estimate of drug-likeness (QED) is 0.856. The lowest BCUT2D eigenvalue weighted by molar-refractivity contribution is -0.144. The number of aryl methyl sites for hydroxylation is 1. The van der Waals surface area contributed by atoms with Crippen molar-refractivity contribution >= 4 is 11.9 Å². The third-order valence-electron chi connectivity index (χ3n) is 4.36. The van der Waals surface area contributed by atoms with Crippen LogP contribution in [0.5, 0.6) is 0 Å². The molecule has 4 atom stereocenters. The fraction of sp³-hybridized carbons (Fsp3) is 0.615. The van der Waals surface area contributed by atoms with Gasteiger partial charge < -0.3 is 14.9 Å². The summed E-state index contributed by atoms with van der Waals surface area (Å²) in [4.78, 5) is 23.4. The molecule has 1 aromatic rings. The number of aromatic nitrogens is 1. The Hall–Kier alpha value is -1.85. The Morgan fingerprint density at radius 1 is 1.42 bits per heavy atom. The van der Waals surface area contributed by atoms with Gasteiger partial charge in [0, 0.05) is 12.1 Å². The minimum absolute atomic E-state index is 0.201. The first-order valence-electron chi connectivity index (χ1n) is 6.53. The van der Waals surface area contributed by atoms with E-state index in [-0.39, 0.29) is 29.5 Å². The van der Waals surface area contributed by atoms with Gasteiger partial charge in [-0.1, -0.05) is 5.16 Å². The van der Waals surface area contributed by atoms with Crippen molar-refractivity contribution in [1.82, 2.24) is 10.5 Å². The van der Waals surface area contributed by atoms with Gasteiger partial charge in [-0.05, 0) is 38.0 Å². The zero-order valence-corrected chi connectivity index (χ0v) is 10.6. The van der Waals surface area contributed by atoms with Gasteiger partial charge in [-0.3, -0.25) is 9.59 Å². The predicted octanol–water partition coefficient (Wildman–Crippen LogP) is 1.21. The SMILES string of the molecule is Cc1cc(C(=O)NC2C3CCC(C3)C2C(=O)O)no1. The van der Waals surface area contributed by atoms with Crippen LogP contribution in [-0.4, -0.2) is 28.2 Å². The molecule has 4 unspecified atom stereocenters. The average Bonchev–Trinajstić information content (AvgIpc) is 3.03. The standard InChI is InChI=1S/C13H16N2O4/c1-6-4-9(15-19-6)12(16)14-11-8-3-2-7(5-8)10(11)13(17)18/h4,7-8,10-11H,2-3,5H2,1H3,(H,14,16)(H,17,18). The summed E-state index contributed by atoms with van der Waals surface area (Å²) in [6, 6.07) is 1.28. The molecule has 2 aliphatic carbocycles. The molecule has 2 bridgehead atoms. The van der Waals surface area contributed by atoms with Crippen LogP contribution in [0, 0.1) is 24.7 Å². The summed E-state index contributed by atoms with van der Waals surface area (Å²) in [6.45, 7) is 1.71. The maximum absolute atomic E-state index is 12.0. The monoisotopic (exact) mass is 264 g/mol. The van der Waals surface area contributed by atoms with Gasteiger partial charge in [-0.2, -0.15) is 0 Å². The van der Waals surface area contributed by atoms with E-state index in [9.17, 15) is 14.7 Å². The number of nitrogens with one attached hydrogen (secondary N) is 1. The summed E-state index contributed by atoms with van der Waals surface area (Å²) in [6.07, 6.45) is 2.86. The number of fused-ring (bicyclic) bond motifs is 2. The van der Waals surface area contributed by atoms with E-state index in [0.717, 1.165) is 19.3 Å². The van der Waals surface area contributed by atoms with E-state index in [0.29, 0.717) is 5.76 Å². The topological polar surface area (TPSA) is 92.4 Å². The van der Waals surface area contributed by atoms with E-state index in [1.807, 2.05) is 0 Å². The number of rotatable bonds is 3. The summed E-state index contributed by atoms with van der Waals surface area (Å²) in [5.41, 5.74) is 0.212. The minimum atomic E-state index is -0.811. The number of carboxylic acids is 1. The number of nitrogens with zero attached hydrogens (tertiary/aromatic N) is 1. The number of hydrogen-bond acceptors (Lipinski definition) is 4. The number of carbonyl (C=O) groups is 2. The molecule has 1 aromatic heterocycles. The van der Waals surface area contributed by atoms with Gasteiger partial charge in [0.25, 0.3) is 5.91 Å². The van der Waals surface area contributed by atoms with Crippen molar-refractivity contribution in [2.75, 3.05) is 0 Å². The van der Waals surface area contributed by atoms with Gasteiger partial charge in [0.05, 0.1) is 5.92 Å². The van der Waals surface area contributed by atoms with Gasteiger partial charge >= 0.3 is 5.97 Å². The van der Waals surface area contributed by atoms with Crippen molar-refractivity contribution in [3.8, 4) is 0 Å². The third kappa shape index (κ3) is 2.01. The molecule has 2 fully saturated rings. The number of carboxylic acid groups (broad SMARTS) is 1. The second-order valence-corrected chi connectivity index (χ2v) is 5.52. The Bertz CT molecular complexity index is 524. The molecule has 0 spiro atoms. The Labute approximate surface area is 110 Å². The van der Waals surface area contributed by atoms with Crippen LogP contribution >= 0.6 is 0 Å². The third-order valence-corrected chi connectivity index (χ3v) is 4.36. The molecular weight excluding hydrogens is 248 g/mol. The van der Waals surface area contributed by atoms with Crippen LogP contribution in [0.1, 0.15) is 35.5 Å². The largest absolute Gasteiger partial charge is 0.481 e. The maximum Gasteiger partial charge on any atom is 0.308 e. The van der Waals surface area contributed by atoms with Gasteiger partial charge in [0.2, 0.25) is 0 Å². The highest BCUT2D eigenvalue weighted by Gasteiger charge is 2.51. The average molecular weight is 264 g/mol. The molecule has 3 rings (SSSR count). The second-order valence-electron chi connectivity index (χ2n) is 5.52. The molecule has 1 amide bonds. The summed E-state index contributed by atoms with van der Waals surface area (Å²) >= 11 is 0. The van der Waals surface area contributed by atoms with Crippen LogP contribution in [0.2, 0.25) is 0 Å². The van der Waals surface area contributed by atoms with Crippen LogP contribution in [0.25, 0.3) is 0 Å². The first-order valence-corrected chi connectivity index (χ1v) is 6.53. The van der Waals surface area contributed by atoms with Crippen LogP contribution < -0.4 is 5.32 Å². The molecule has 102 valence electrons. The van der Waals surface area contributed by atoms with Crippen molar-refractivity contribution in [3.63, 3.8) is 0 Å². The molecule has 1 heterocycles. The summed E-state index contributed by atoms with van der Waals surface area (Å²) in [5, 5.41) is 15.8. The number of hydrogen-bond donors (Lipinski definition) is 2. The van der Waals surface area contributed by atoms with Crippen LogP contribution in [0.3, 0.4) is 0 Å². The van der Waals surface area contributed by atoms with E-state index in [4.69, 9.17) is 4.52 Å². The molecule has 0 aliphatic heterocycles. The highest BCUT2D eigenvalue weighted by Crippen LogP contribution is 2.48. The Morgan fingerprint density at radius 2 is 2.16 bits per heavy atom. The normalized spacial score (nSPS) is 32.5.